The lowest BCUT2D eigenvalue weighted by molar-refractivity contribution is 0.0914. The molecular formula is C20H25NO2S. The predicted molar refractivity (Wildman–Crippen MR) is 98.7 cm³/mol. The Morgan fingerprint density at radius 3 is 2.75 bits per heavy atom. The smallest absolute Gasteiger partial charge is 0.261 e. The number of hydrogen-bond donors (Lipinski definition) is 1. The van der Waals surface area contributed by atoms with Gasteiger partial charge < -0.3 is 10.1 Å². The molecule has 1 aliphatic carbocycles. The van der Waals surface area contributed by atoms with Crippen molar-refractivity contribution in [3.05, 3.63) is 51.7 Å². The lowest BCUT2D eigenvalue weighted by Crippen LogP contribution is -2.40. The van der Waals surface area contributed by atoms with E-state index in [1.807, 2.05) is 35.7 Å². The van der Waals surface area contributed by atoms with Gasteiger partial charge in [-0.15, -0.1) is 11.3 Å². The van der Waals surface area contributed by atoms with Gasteiger partial charge in [-0.05, 0) is 49.3 Å². The first-order chi connectivity index (χ1) is 11.6. The molecule has 1 heterocycles. The SMILES string of the molecule is Cc1ccc(OCc2csc(C(=O)NC3CCCCC3C)c2)cc1. The summed E-state index contributed by atoms with van der Waals surface area (Å²) < 4.78 is 5.78. The topological polar surface area (TPSA) is 38.3 Å². The van der Waals surface area contributed by atoms with Crippen molar-refractivity contribution in [3.63, 3.8) is 0 Å². The number of nitrogens with one attached hydrogen (secondary N) is 1. The largest absolute Gasteiger partial charge is 0.489 e. The molecular weight excluding hydrogens is 318 g/mol. The van der Waals surface area contributed by atoms with E-state index in [1.54, 1.807) is 0 Å². The zero-order valence-electron chi connectivity index (χ0n) is 14.4. The van der Waals surface area contributed by atoms with Gasteiger partial charge in [0, 0.05) is 11.6 Å². The fourth-order valence-corrected chi connectivity index (χ4v) is 3.94. The first-order valence-electron chi connectivity index (χ1n) is 8.69. The quantitative estimate of drug-likeness (QED) is 0.834. The van der Waals surface area contributed by atoms with Crippen LogP contribution in [-0.4, -0.2) is 11.9 Å². The summed E-state index contributed by atoms with van der Waals surface area (Å²) in [6, 6.07) is 10.3. The Hall–Kier alpha value is -1.81. The molecule has 1 aliphatic rings. The predicted octanol–water partition coefficient (Wildman–Crippen LogP) is 4.94. The number of carbonyl (C=O) groups is 1. The van der Waals surface area contributed by atoms with Gasteiger partial charge >= 0.3 is 0 Å². The van der Waals surface area contributed by atoms with Crippen LogP contribution in [0.3, 0.4) is 0 Å². The maximum Gasteiger partial charge on any atom is 0.261 e. The molecule has 3 rings (SSSR count). The molecule has 4 heteroatoms. The number of hydrogen-bond acceptors (Lipinski definition) is 3. The highest BCUT2D eigenvalue weighted by Gasteiger charge is 2.23. The van der Waals surface area contributed by atoms with Crippen molar-refractivity contribution in [1.29, 1.82) is 0 Å². The number of rotatable bonds is 5. The summed E-state index contributed by atoms with van der Waals surface area (Å²) in [6.45, 7) is 4.78. The zero-order chi connectivity index (χ0) is 16.9. The van der Waals surface area contributed by atoms with E-state index in [0.29, 0.717) is 18.6 Å². The van der Waals surface area contributed by atoms with E-state index < -0.39 is 0 Å². The van der Waals surface area contributed by atoms with Gasteiger partial charge in [0.1, 0.15) is 12.4 Å². The molecule has 1 aromatic heterocycles. The maximum atomic E-state index is 12.4. The highest BCUT2D eigenvalue weighted by atomic mass is 32.1. The normalized spacial score (nSPS) is 20.6. The summed E-state index contributed by atoms with van der Waals surface area (Å²) in [6.07, 6.45) is 4.81. The Kier molecular flexibility index (Phi) is 5.56. The van der Waals surface area contributed by atoms with Gasteiger partial charge in [-0.1, -0.05) is 37.5 Å². The Balaban J connectivity index is 1.54. The van der Waals surface area contributed by atoms with Crippen LogP contribution < -0.4 is 10.1 Å². The van der Waals surface area contributed by atoms with Gasteiger partial charge in [0.05, 0.1) is 4.88 Å². The van der Waals surface area contributed by atoms with Crippen molar-refractivity contribution in [2.45, 2.75) is 52.2 Å². The molecule has 1 amide bonds. The highest BCUT2D eigenvalue weighted by Crippen LogP contribution is 2.25. The zero-order valence-corrected chi connectivity index (χ0v) is 15.2. The summed E-state index contributed by atoms with van der Waals surface area (Å²) in [4.78, 5) is 13.2. The van der Waals surface area contributed by atoms with Crippen LogP contribution in [0.2, 0.25) is 0 Å². The molecule has 24 heavy (non-hydrogen) atoms. The van der Waals surface area contributed by atoms with Gasteiger partial charge in [-0.3, -0.25) is 4.79 Å². The fraction of sp³-hybridized carbons (Fsp3) is 0.450. The van der Waals surface area contributed by atoms with E-state index in [2.05, 4.69) is 19.2 Å². The summed E-state index contributed by atoms with van der Waals surface area (Å²) in [5.74, 6) is 1.49. The molecule has 1 aromatic carbocycles. The standard InChI is InChI=1S/C20H25NO2S/c1-14-7-9-17(10-8-14)23-12-16-11-19(24-13-16)20(22)21-18-6-4-3-5-15(18)2/h7-11,13,15,18H,3-6,12H2,1-2H3,(H,21,22). The monoisotopic (exact) mass is 343 g/mol. The first-order valence-corrected chi connectivity index (χ1v) is 9.57. The molecule has 2 aromatic rings. The first kappa shape index (κ1) is 17.0. The third kappa shape index (κ3) is 4.38. The van der Waals surface area contributed by atoms with Crippen molar-refractivity contribution in [2.75, 3.05) is 0 Å². The van der Waals surface area contributed by atoms with Gasteiger partial charge in [0.15, 0.2) is 0 Å². The van der Waals surface area contributed by atoms with Gasteiger partial charge in [0.2, 0.25) is 0 Å². The molecule has 0 bridgehead atoms. The molecule has 0 saturated heterocycles. The maximum absolute atomic E-state index is 12.4. The van der Waals surface area contributed by atoms with Crippen molar-refractivity contribution >= 4 is 17.2 Å². The van der Waals surface area contributed by atoms with E-state index >= 15 is 0 Å². The van der Waals surface area contributed by atoms with E-state index in [1.165, 1.54) is 36.2 Å². The van der Waals surface area contributed by atoms with Gasteiger partial charge in [0.25, 0.3) is 5.91 Å². The minimum atomic E-state index is 0.0559. The lowest BCUT2D eigenvalue weighted by atomic mass is 9.86. The van der Waals surface area contributed by atoms with Crippen molar-refractivity contribution in [1.82, 2.24) is 5.32 Å². The minimum Gasteiger partial charge on any atom is -0.489 e. The van der Waals surface area contributed by atoms with Crippen LogP contribution in [0.25, 0.3) is 0 Å². The fourth-order valence-electron chi connectivity index (χ4n) is 3.14. The van der Waals surface area contributed by atoms with Crippen molar-refractivity contribution < 1.29 is 9.53 Å². The second kappa shape index (κ2) is 7.84. The Bertz CT molecular complexity index is 677. The number of thiophene rings is 1. The molecule has 2 unspecified atom stereocenters. The average molecular weight is 343 g/mol. The van der Waals surface area contributed by atoms with Crippen LogP contribution in [0.5, 0.6) is 5.75 Å². The second-order valence-electron chi connectivity index (χ2n) is 6.76. The molecule has 0 radical (unpaired) electrons. The number of aryl methyl sites for hydroxylation is 1. The Morgan fingerprint density at radius 1 is 1.25 bits per heavy atom. The van der Waals surface area contributed by atoms with E-state index in [4.69, 9.17) is 4.74 Å². The van der Waals surface area contributed by atoms with Crippen LogP contribution in [0, 0.1) is 12.8 Å². The number of benzene rings is 1. The van der Waals surface area contributed by atoms with Crippen molar-refractivity contribution in [3.8, 4) is 5.75 Å². The van der Waals surface area contributed by atoms with Crippen LogP contribution in [-0.2, 0) is 6.61 Å². The molecule has 1 saturated carbocycles. The third-order valence-electron chi connectivity index (χ3n) is 4.73. The van der Waals surface area contributed by atoms with Crippen LogP contribution in [0.1, 0.15) is 53.4 Å². The van der Waals surface area contributed by atoms with Crippen LogP contribution in [0.15, 0.2) is 35.7 Å². The van der Waals surface area contributed by atoms with E-state index in [9.17, 15) is 4.79 Å². The molecule has 2 atom stereocenters. The minimum absolute atomic E-state index is 0.0559. The lowest BCUT2D eigenvalue weighted by Gasteiger charge is -2.29. The van der Waals surface area contributed by atoms with Gasteiger partial charge in [-0.25, -0.2) is 0 Å². The third-order valence-corrected chi connectivity index (χ3v) is 5.71. The summed E-state index contributed by atoms with van der Waals surface area (Å²) in [5, 5.41) is 5.22. The molecule has 128 valence electrons. The number of ether oxygens (including phenoxy) is 1. The van der Waals surface area contributed by atoms with Crippen molar-refractivity contribution in [2.24, 2.45) is 5.92 Å². The summed E-state index contributed by atoms with van der Waals surface area (Å²) in [7, 11) is 0. The Morgan fingerprint density at radius 2 is 2.00 bits per heavy atom. The van der Waals surface area contributed by atoms with E-state index in [0.717, 1.165) is 22.6 Å². The molecule has 0 aliphatic heterocycles. The summed E-state index contributed by atoms with van der Waals surface area (Å²) in [5.41, 5.74) is 2.26. The van der Waals surface area contributed by atoms with E-state index in [-0.39, 0.29) is 5.91 Å². The molecule has 1 N–H and O–H groups in total. The van der Waals surface area contributed by atoms with Crippen LogP contribution >= 0.6 is 11.3 Å². The number of carbonyl (C=O) groups excluding carboxylic acids is 1. The van der Waals surface area contributed by atoms with Gasteiger partial charge in [-0.2, -0.15) is 0 Å². The summed E-state index contributed by atoms with van der Waals surface area (Å²) >= 11 is 1.49. The number of amides is 1. The highest BCUT2D eigenvalue weighted by molar-refractivity contribution is 7.12. The molecule has 0 spiro atoms. The second-order valence-corrected chi connectivity index (χ2v) is 7.67. The molecule has 3 nitrogen and oxygen atoms in total. The molecule has 1 fully saturated rings. The van der Waals surface area contributed by atoms with Crippen LogP contribution in [0.4, 0.5) is 0 Å². The average Bonchev–Trinajstić information content (AvgIpc) is 3.06. The Labute approximate surface area is 148 Å².